The van der Waals surface area contributed by atoms with E-state index in [4.69, 9.17) is 11.6 Å². The Hall–Kier alpha value is -3.42. The summed E-state index contributed by atoms with van der Waals surface area (Å²) in [5.74, 6) is 0. The molecule has 0 aliphatic carbocycles. The molecule has 0 fully saturated rings. The first-order valence-electron chi connectivity index (χ1n) is 8.79. The lowest BCUT2D eigenvalue weighted by molar-refractivity contribution is 0.787. The minimum absolute atomic E-state index is 0.105. The van der Waals surface area contributed by atoms with E-state index < -0.39 is 5.56 Å². The van der Waals surface area contributed by atoms with Gasteiger partial charge in [-0.15, -0.1) is 0 Å². The Morgan fingerprint density at radius 1 is 1.00 bits per heavy atom. The highest BCUT2D eigenvalue weighted by Crippen LogP contribution is 2.35. The number of benzene rings is 3. The second-order valence-corrected chi connectivity index (χ2v) is 7.01. The van der Waals surface area contributed by atoms with E-state index in [1.165, 1.54) is 4.68 Å². The molecule has 0 saturated carbocycles. The van der Waals surface area contributed by atoms with E-state index in [1.54, 1.807) is 26.1 Å². The van der Waals surface area contributed by atoms with Crippen molar-refractivity contribution in [2.45, 2.75) is 13.8 Å². The lowest BCUT2D eigenvalue weighted by Gasteiger charge is -2.11. The fraction of sp³-hybridized carbons (Fsp3) is 0.0870. The molecule has 136 valence electrons. The second-order valence-electron chi connectivity index (χ2n) is 6.64. The van der Waals surface area contributed by atoms with Crippen molar-refractivity contribution < 1.29 is 0 Å². The van der Waals surface area contributed by atoms with Gasteiger partial charge < -0.3 is 0 Å². The maximum absolute atomic E-state index is 12.6. The monoisotopic (exact) mass is 385 g/mol. The number of aromatic nitrogens is 1. The van der Waals surface area contributed by atoms with Crippen LogP contribution in [0.2, 0.25) is 5.02 Å². The summed E-state index contributed by atoms with van der Waals surface area (Å²) in [5.41, 5.74) is 1.88. The zero-order valence-corrected chi connectivity index (χ0v) is 16.2. The van der Waals surface area contributed by atoms with Gasteiger partial charge in [0.2, 0.25) is 0 Å². The van der Waals surface area contributed by atoms with Gasteiger partial charge in [0.15, 0.2) is 0 Å². The van der Waals surface area contributed by atoms with E-state index in [2.05, 4.69) is 5.10 Å². The van der Waals surface area contributed by atoms with Crippen LogP contribution < -0.4 is 5.56 Å². The molecular weight excluding hydrogens is 370 g/mol. The van der Waals surface area contributed by atoms with E-state index >= 15 is 0 Å². The molecule has 0 radical (unpaired) electrons. The van der Waals surface area contributed by atoms with Crippen LogP contribution in [0.25, 0.3) is 21.5 Å². The third kappa shape index (κ3) is 2.77. The molecule has 0 atom stereocenters. The Morgan fingerprint density at radius 2 is 1.54 bits per heavy atom. The van der Waals surface area contributed by atoms with Crippen LogP contribution in [-0.2, 0) is 0 Å². The minimum atomic E-state index is -0.418. The van der Waals surface area contributed by atoms with Crippen LogP contribution in [0.4, 0.5) is 0 Å². The number of halogens is 1. The van der Waals surface area contributed by atoms with Crippen LogP contribution in [0.5, 0.6) is 0 Å². The molecule has 1 aromatic heterocycles. The van der Waals surface area contributed by atoms with Gasteiger partial charge in [0.25, 0.3) is 5.56 Å². The number of pyridine rings is 1. The highest BCUT2D eigenvalue weighted by atomic mass is 35.5. The number of nitrogens with zero attached hydrogens (tertiary/aromatic N) is 3. The molecule has 0 bridgehead atoms. The summed E-state index contributed by atoms with van der Waals surface area (Å²) in [6, 6.07) is 19.5. The molecule has 0 aliphatic rings. The second kappa shape index (κ2) is 6.95. The Morgan fingerprint density at radius 3 is 2.07 bits per heavy atom. The summed E-state index contributed by atoms with van der Waals surface area (Å²) >= 11 is 6.64. The molecule has 4 rings (SSSR count). The summed E-state index contributed by atoms with van der Waals surface area (Å²) in [6.45, 7) is 3.55. The van der Waals surface area contributed by atoms with E-state index in [-0.39, 0.29) is 5.56 Å². The van der Waals surface area contributed by atoms with Gasteiger partial charge in [0.1, 0.15) is 11.6 Å². The maximum Gasteiger partial charge on any atom is 0.289 e. The maximum atomic E-state index is 12.6. The Kier molecular flexibility index (Phi) is 4.46. The van der Waals surface area contributed by atoms with E-state index in [0.717, 1.165) is 27.1 Å². The van der Waals surface area contributed by atoms with Gasteiger partial charge >= 0.3 is 0 Å². The van der Waals surface area contributed by atoms with Crippen LogP contribution in [0, 0.1) is 25.2 Å². The van der Waals surface area contributed by atoms with Crippen LogP contribution >= 0.6 is 11.6 Å². The predicted molar refractivity (Wildman–Crippen MR) is 114 cm³/mol. The van der Waals surface area contributed by atoms with Gasteiger partial charge in [-0.3, -0.25) is 4.79 Å². The summed E-state index contributed by atoms with van der Waals surface area (Å²) in [4.78, 5) is 12.6. The van der Waals surface area contributed by atoms with Gasteiger partial charge in [0.05, 0.1) is 11.2 Å². The van der Waals surface area contributed by atoms with Gasteiger partial charge in [-0.25, -0.2) is 4.68 Å². The third-order valence-corrected chi connectivity index (χ3v) is 5.29. The molecule has 4 nitrogen and oxygen atoms in total. The average Bonchev–Trinajstić information content (AvgIpc) is 2.70. The van der Waals surface area contributed by atoms with Crippen molar-refractivity contribution in [3.05, 3.63) is 92.4 Å². The zero-order chi connectivity index (χ0) is 19.8. The summed E-state index contributed by atoms with van der Waals surface area (Å²) in [5, 5.41) is 18.2. The van der Waals surface area contributed by atoms with Gasteiger partial charge in [0, 0.05) is 22.0 Å². The molecule has 0 unspecified atom stereocenters. The first-order valence-corrected chi connectivity index (χ1v) is 9.17. The van der Waals surface area contributed by atoms with Crippen molar-refractivity contribution in [3.63, 3.8) is 0 Å². The van der Waals surface area contributed by atoms with Crippen molar-refractivity contribution in [1.29, 1.82) is 5.26 Å². The number of hydrogen-bond acceptors (Lipinski definition) is 3. The SMILES string of the molecule is Cc1cc(C)n(/N=C\c2c3ccccc3c(Cl)c3ccccc23)c(=O)c1C#N. The average molecular weight is 386 g/mol. The van der Waals surface area contributed by atoms with Crippen molar-refractivity contribution >= 4 is 39.4 Å². The lowest BCUT2D eigenvalue weighted by Crippen LogP contribution is -2.22. The van der Waals surface area contributed by atoms with Crippen molar-refractivity contribution in [2.24, 2.45) is 5.10 Å². The van der Waals surface area contributed by atoms with Gasteiger partial charge in [-0.2, -0.15) is 10.4 Å². The molecule has 3 aromatic carbocycles. The Labute approximate surface area is 166 Å². The molecule has 0 amide bonds. The van der Waals surface area contributed by atoms with Crippen molar-refractivity contribution in [1.82, 2.24) is 4.68 Å². The normalized spacial score (nSPS) is 11.4. The highest BCUT2D eigenvalue weighted by Gasteiger charge is 2.12. The van der Waals surface area contributed by atoms with E-state index in [1.807, 2.05) is 54.6 Å². The van der Waals surface area contributed by atoms with Gasteiger partial charge in [-0.05, 0) is 36.2 Å². The highest BCUT2D eigenvalue weighted by molar-refractivity contribution is 6.42. The third-order valence-electron chi connectivity index (χ3n) is 4.88. The van der Waals surface area contributed by atoms with Gasteiger partial charge in [-0.1, -0.05) is 60.1 Å². The number of rotatable bonds is 2. The van der Waals surface area contributed by atoms with Crippen LogP contribution in [0.15, 0.2) is 64.5 Å². The zero-order valence-electron chi connectivity index (χ0n) is 15.4. The summed E-state index contributed by atoms with van der Waals surface area (Å²) in [6.07, 6.45) is 1.67. The van der Waals surface area contributed by atoms with E-state index in [0.29, 0.717) is 16.3 Å². The number of fused-ring (bicyclic) bond motifs is 2. The standard InChI is InChI=1S/C23H16ClN3O/c1-14-11-15(2)27(23(28)20(14)12-25)26-13-21-16-7-3-5-9-18(16)22(24)19-10-6-4-8-17(19)21/h3-11,13H,1-2H3/b26-13-. The molecule has 5 heteroatoms. The molecular formula is C23H16ClN3O. The number of nitriles is 1. The summed E-state index contributed by atoms with van der Waals surface area (Å²) < 4.78 is 1.27. The first kappa shape index (κ1) is 18.0. The predicted octanol–water partition coefficient (Wildman–Crippen LogP) is 5.18. The molecule has 1 heterocycles. The molecule has 0 N–H and O–H groups in total. The smallest absolute Gasteiger partial charge is 0.266 e. The largest absolute Gasteiger partial charge is 0.289 e. The Balaban J connectivity index is 2.03. The number of aryl methyl sites for hydroxylation is 2. The minimum Gasteiger partial charge on any atom is -0.266 e. The lowest BCUT2D eigenvalue weighted by atomic mass is 9.97. The first-order chi connectivity index (χ1) is 13.5. The van der Waals surface area contributed by atoms with Crippen molar-refractivity contribution in [2.75, 3.05) is 0 Å². The molecule has 0 saturated heterocycles. The Bertz CT molecular complexity index is 1320. The molecule has 0 aliphatic heterocycles. The number of hydrogen-bond donors (Lipinski definition) is 0. The van der Waals surface area contributed by atoms with Crippen molar-refractivity contribution in [3.8, 4) is 6.07 Å². The van der Waals surface area contributed by atoms with Crippen LogP contribution in [0.1, 0.15) is 22.4 Å². The summed E-state index contributed by atoms with van der Waals surface area (Å²) in [7, 11) is 0. The molecule has 4 aromatic rings. The van der Waals surface area contributed by atoms with Crippen LogP contribution in [0.3, 0.4) is 0 Å². The fourth-order valence-electron chi connectivity index (χ4n) is 3.52. The quantitative estimate of drug-likeness (QED) is 0.352. The van der Waals surface area contributed by atoms with E-state index in [9.17, 15) is 10.1 Å². The van der Waals surface area contributed by atoms with Crippen LogP contribution in [-0.4, -0.2) is 10.9 Å². The molecule has 0 spiro atoms. The topological polar surface area (TPSA) is 58.1 Å². The fourth-order valence-corrected chi connectivity index (χ4v) is 3.85. The molecule has 28 heavy (non-hydrogen) atoms.